The van der Waals surface area contributed by atoms with Crippen molar-refractivity contribution >= 4 is 14.2 Å². The summed E-state index contributed by atoms with van der Waals surface area (Å²) in [5.41, 5.74) is 1.29. The summed E-state index contributed by atoms with van der Waals surface area (Å²) < 4.78 is 6.91. The molecule has 0 unspecified atom stereocenters. The van der Waals surface area contributed by atoms with Gasteiger partial charge in [0.2, 0.25) is 5.91 Å². The lowest BCUT2D eigenvalue weighted by Crippen LogP contribution is -2.50. The number of carbonyl (C=O) groups is 1. The van der Waals surface area contributed by atoms with Crippen molar-refractivity contribution in [2.24, 2.45) is 23.7 Å². The van der Waals surface area contributed by atoms with E-state index in [1.807, 2.05) is 6.07 Å². The topological polar surface area (TPSA) is 29.5 Å². The summed E-state index contributed by atoms with van der Waals surface area (Å²) in [7, 11) is -1.96. The van der Waals surface area contributed by atoms with Gasteiger partial charge in [-0.15, -0.1) is 0 Å². The van der Waals surface area contributed by atoms with Gasteiger partial charge in [0.05, 0.1) is 5.92 Å². The molecule has 2 aliphatic carbocycles. The van der Waals surface area contributed by atoms with Crippen molar-refractivity contribution in [2.45, 2.75) is 58.0 Å². The van der Waals surface area contributed by atoms with E-state index in [0.717, 1.165) is 19.4 Å². The number of allylic oxidation sites excluding steroid dienone is 2. The summed E-state index contributed by atoms with van der Waals surface area (Å²) in [6, 6.07) is 10.5. The first kappa shape index (κ1) is 18.9. The first-order valence-corrected chi connectivity index (χ1v) is 13.3. The molecule has 146 valence electrons. The first-order valence-electron chi connectivity index (χ1n) is 10.4. The molecule has 5 atom stereocenters. The van der Waals surface area contributed by atoms with Gasteiger partial charge in [0.25, 0.3) is 0 Å². The highest BCUT2D eigenvalue weighted by Crippen LogP contribution is 2.55. The minimum Gasteiger partial charge on any atom is -0.397 e. The number of benzene rings is 1. The highest BCUT2D eigenvalue weighted by atomic mass is 28.4. The summed E-state index contributed by atoms with van der Waals surface area (Å²) in [6.07, 6.45) is 6.62. The van der Waals surface area contributed by atoms with E-state index in [2.05, 4.69) is 75.2 Å². The molecule has 1 saturated heterocycles. The fraction of sp³-hybridized carbons (Fsp3) is 0.609. The molecule has 3 aliphatic rings. The van der Waals surface area contributed by atoms with Crippen molar-refractivity contribution in [1.29, 1.82) is 0 Å². The molecule has 1 heterocycles. The van der Waals surface area contributed by atoms with Gasteiger partial charge < -0.3 is 9.33 Å². The number of fused-ring (bicyclic) bond motifs is 5. The van der Waals surface area contributed by atoms with Crippen LogP contribution in [0.3, 0.4) is 0 Å². The number of carbonyl (C=O) groups excluding carboxylic acids is 1. The normalized spacial score (nSPS) is 32.4. The maximum absolute atomic E-state index is 13.4. The molecule has 4 heteroatoms. The van der Waals surface area contributed by atoms with E-state index in [9.17, 15) is 4.79 Å². The molecule has 0 radical (unpaired) electrons. The second kappa shape index (κ2) is 6.59. The van der Waals surface area contributed by atoms with Gasteiger partial charge in [-0.1, -0.05) is 63.3 Å². The van der Waals surface area contributed by atoms with E-state index < -0.39 is 8.32 Å². The predicted octanol–water partition coefficient (Wildman–Crippen LogP) is 4.86. The van der Waals surface area contributed by atoms with Crippen molar-refractivity contribution < 1.29 is 9.22 Å². The lowest BCUT2D eigenvalue weighted by molar-refractivity contribution is -0.136. The summed E-state index contributed by atoms with van der Waals surface area (Å²) in [6.45, 7) is 12.2. The van der Waals surface area contributed by atoms with E-state index in [4.69, 9.17) is 4.43 Å². The van der Waals surface area contributed by atoms with Crippen LogP contribution in [-0.2, 0) is 15.6 Å². The average Bonchev–Trinajstić information content (AvgIpc) is 3.27. The zero-order valence-corrected chi connectivity index (χ0v) is 18.3. The Bertz CT molecular complexity index is 736. The number of hydrogen-bond donors (Lipinski definition) is 0. The Morgan fingerprint density at radius 1 is 1.11 bits per heavy atom. The number of amides is 1. The SMILES string of the molecule is CC(C)(C)[Si](C)(C)O[C@H]1[C@H]2[C@@H](C(=O)N1CCc1ccccc1)[C@@H]1C=C[C@H]2C1. The number of rotatable bonds is 5. The van der Waals surface area contributed by atoms with Crippen LogP contribution in [0.25, 0.3) is 0 Å². The van der Waals surface area contributed by atoms with Gasteiger partial charge in [-0.3, -0.25) is 4.79 Å². The lowest BCUT2D eigenvalue weighted by Gasteiger charge is -2.42. The van der Waals surface area contributed by atoms with Gasteiger partial charge in [-0.05, 0) is 48.4 Å². The van der Waals surface area contributed by atoms with E-state index in [1.165, 1.54) is 5.56 Å². The summed E-state index contributed by atoms with van der Waals surface area (Å²) >= 11 is 0. The van der Waals surface area contributed by atoms with Crippen molar-refractivity contribution in [2.75, 3.05) is 6.54 Å². The van der Waals surface area contributed by atoms with Crippen molar-refractivity contribution in [3.05, 3.63) is 48.0 Å². The van der Waals surface area contributed by atoms with E-state index >= 15 is 0 Å². The molecule has 0 spiro atoms. The molecule has 27 heavy (non-hydrogen) atoms. The first-order chi connectivity index (χ1) is 12.7. The summed E-state index contributed by atoms with van der Waals surface area (Å²) in [5.74, 6) is 1.76. The van der Waals surface area contributed by atoms with Gasteiger partial charge in [0.1, 0.15) is 6.23 Å². The monoisotopic (exact) mass is 383 g/mol. The fourth-order valence-corrected chi connectivity index (χ4v) is 6.12. The predicted molar refractivity (Wildman–Crippen MR) is 112 cm³/mol. The smallest absolute Gasteiger partial charge is 0.228 e. The van der Waals surface area contributed by atoms with Crippen LogP contribution in [0.2, 0.25) is 18.1 Å². The molecular weight excluding hydrogens is 350 g/mol. The Balaban J connectivity index is 1.59. The molecule has 1 saturated carbocycles. The largest absolute Gasteiger partial charge is 0.397 e. The molecule has 1 amide bonds. The second-order valence-corrected chi connectivity index (χ2v) is 14.8. The highest BCUT2D eigenvalue weighted by Gasteiger charge is 2.60. The van der Waals surface area contributed by atoms with E-state index in [0.29, 0.717) is 23.7 Å². The molecule has 3 nitrogen and oxygen atoms in total. The van der Waals surface area contributed by atoms with Crippen LogP contribution in [0.5, 0.6) is 0 Å². The second-order valence-electron chi connectivity index (χ2n) is 10.1. The summed E-state index contributed by atoms with van der Waals surface area (Å²) in [4.78, 5) is 15.5. The van der Waals surface area contributed by atoms with Crippen LogP contribution in [0.15, 0.2) is 42.5 Å². The molecule has 1 aliphatic heterocycles. The number of likely N-dealkylation sites (tertiary alicyclic amines) is 1. The van der Waals surface area contributed by atoms with Crippen LogP contribution in [0, 0.1) is 23.7 Å². The average molecular weight is 384 g/mol. The third kappa shape index (κ3) is 3.21. The van der Waals surface area contributed by atoms with Crippen molar-refractivity contribution in [3.63, 3.8) is 0 Å². The maximum atomic E-state index is 13.4. The number of nitrogens with zero attached hydrogens (tertiary/aromatic N) is 1. The van der Waals surface area contributed by atoms with Gasteiger partial charge in [0.15, 0.2) is 8.32 Å². The van der Waals surface area contributed by atoms with Crippen LogP contribution in [0.4, 0.5) is 0 Å². The minimum absolute atomic E-state index is 0.0490. The minimum atomic E-state index is -1.96. The standard InChI is InChI=1S/C23H33NO2Si/c1-23(2,3)27(4,5)26-22-20-18-12-11-17(15-18)19(20)21(25)24(22)14-13-16-9-7-6-8-10-16/h6-12,17-20,22H,13-15H2,1-5H3/t17-,18+,19+,20-,22+/m1/s1. The Labute approximate surface area is 164 Å². The molecule has 4 rings (SSSR count). The van der Waals surface area contributed by atoms with Crippen molar-refractivity contribution in [3.8, 4) is 0 Å². The quantitative estimate of drug-likeness (QED) is 0.537. The van der Waals surface area contributed by atoms with Gasteiger partial charge in [-0.2, -0.15) is 0 Å². The van der Waals surface area contributed by atoms with Crippen molar-refractivity contribution in [1.82, 2.24) is 4.90 Å². The Hall–Kier alpha value is -1.39. The molecule has 0 aromatic heterocycles. The summed E-state index contributed by atoms with van der Waals surface area (Å²) in [5, 5.41) is 0.146. The molecule has 1 aromatic rings. The van der Waals surface area contributed by atoms with Crippen LogP contribution >= 0.6 is 0 Å². The Morgan fingerprint density at radius 3 is 2.44 bits per heavy atom. The third-order valence-electron chi connectivity index (χ3n) is 7.43. The molecule has 1 aromatic carbocycles. The van der Waals surface area contributed by atoms with E-state index in [1.54, 1.807) is 0 Å². The molecule has 2 fully saturated rings. The Kier molecular flexibility index (Phi) is 4.63. The number of hydrogen-bond acceptors (Lipinski definition) is 2. The Morgan fingerprint density at radius 2 is 1.78 bits per heavy atom. The lowest BCUT2D eigenvalue weighted by atomic mass is 9.85. The van der Waals surface area contributed by atoms with Crippen LogP contribution < -0.4 is 0 Å². The maximum Gasteiger partial charge on any atom is 0.228 e. The fourth-order valence-electron chi connectivity index (χ4n) is 4.87. The van der Waals surface area contributed by atoms with Gasteiger partial charge in [-0.25, -0.2) is 0 Å². The molecule has 2 bridgehead atoms. The van der Waals surface area contributed by atoms with Gasteiger partial charge in [0, 0.05) is 12.5 Å². The zero-order valence-electron chi connectivity index (χ0n) is 17.3. The molecule has 0 N–H and O–H groups in total. The van der Waals surface area contributed by atoms with E-state index in [-0.39, 0.29) is 17.2 Å². The van der Waals surface area contributed by atoms with Crippen LogP contribution in [-0.4, -0.2) is 31.9 Å². The highest BCUT2D eigenvalue weighted by molar-refractivity contribution is 6.74. The molecular formula is C23H33NO2Si. The van der Waals surface area contributed by atoms with Crippen LogP contribution in [0.1, 0.15) is 32.8 Å². The third-order valence-corrected chi connectivity index (χ3v) is 11.9. The zero-order chi connectivity index (χ0) is 19.4. The van der Waals surface area contributed by atoms with Gasteiger partial charge >= 0.3 is 0 Å².